The van der Waals surface area contributed by atoms with Gasteiger partial charge in [0.25, 0.3) is 5.91 Å². The molecule has 1 unspecified atom stereocenters. The normalized spacial score (nSPS) is 12.1. The van der Waals surface area contributed by atoms with Gasteiger partial charge < -0.3 is 14.8 Å². The fraction of sp³-hybridized carbons (Fsp3) is 0.500. The number of hydrogen-bond acceptors (Lipinski definition) is 3. The van der Waals surface area contributed by atoms with Crippen LogP contribution in [0.4, 0.5) is 0 Å². The third kappa shape index (κ3) is 4.26. The minimum absolute atomic E-state index is 0.116. The predicted octanol–water partition coefficient (Wildman–Crippen LogP) is 2.89. The molecule has 1 rings (SSSR count). The molecule has 1 amide bonds. The molecule has 0 bridgehead atoms. The van der Waals surface area contributed by atoms with Gasteiger partial charge in [-0.1, -0.05) is 36.4 Å². The molecule has 0 aliphatic rings. The van der Waals surface area contributed by atoms with Crippen LogP contribution in [0.3, 0.4) is 0 Å². The first kappa shape index (κ1) is 16.1. The lowest BCUT2D eigenvalue weighted by molar-refractivity contribution is 0.0929. The number of hydrogen-bond donors (Lipinski definition) is 1. The molecule has 0 spiro atoms. The van der Waals surface area contributed by atoms with E-state index in [0.717, 1.165) is 4.43 Å². The van der Waals surface area contributed by atoms with E-state index < -0.39 is 0 Å². The van der Waals surface area contributed by atoms with E-state index in [2.05, 4.69) is 41.8 Å². The highest BCUT2D eigenvalue weighted by Crippen LogP contribution is 2.24. The van der Waals surface area contributed by atoms with Crippen molar-refractivity contribution in [2.45, 2.75) is 19.9 Å². The second-order valence-electron chi connectivity index (χ2n) is 4.54. The molecule has 1 atom stereocenters. The second kappa shape index (κ2) is 7.57. The maximum atomic E-state index is 12.3. The third-order valence-corrected chi connectivity index (χ3v) is 3.89. The largest absolute Gasteiger partial charge is 0.497 e. The molecule has 0 fully saturated rings. The Morgan fingerprint density at radius 2 is 2.00 bits per heavy atom. The van der Waals surface area contributed by atoms with E-state index in [4.69, 9.17) is 9.47 Å². The minimum Gasteiger partial charge on any atom is -0.497 e. The summed E-state index contributed by atoms with van der Waals surface area (Å²) in [7, 11) is 3.13. The van der Waals surface area contributed by atoms with Gasteiger partial charge in [0, 0.05) is 16.5 Å². The van der Waals surface area contributed by atoms with E-state index >= 15 is 0 Å². The molecule has 0 saturated heterocycles. The number of ether oxygens (including phenoxy) is 2. The molecular formula is C14H20INO3. The summed E-state index contributed by atoms with van der Waals surface area (Å²) in [5.74, 6) is 1.47. The number of rotatable bonds is 6. The van der Waals surface area contributed by atoms with Crippen molar-refractivity contribution in [1.82, 2.24) is 5.32 Å². The molecule has 0 aliphatic heterocycles. The Bertz CT molecular complexity index is 435. The predicted molar refractivity (Wildman–Crippen MR) is 84.5 cm³/mol. The highest BCUT2D eigenvalue weighted by molar-refractivity contribution is 14.1. The number of halogens is 1. The van der Waals surface area contributed by atoms with Crippen molar-refractivity contribution in [2.24, 2.45) is 5.92 Å². The van der Waals surface area contributed by atoms with Gasteiger partial charge in [-0.15, -0.1) is 0 Å². The maximum absolute atomic E-state index is 12.3. The number of alkyl halides is 1. The summed E-state index contributed by atoms with van der Waals surface area (Å²) >= 11 is 2.28. The Morgan fingerprint density at radius 3 is 2.47 bits per heavy atom. The van der Waals surface area contributed by atoms with Gasteiger partial charge in [0.05, 0.1) is 19.8 Å². The average molecular weight is 377 g/mol. The van der Waals surface area contributed by atoms with Crippen molar-refractivity contribution >= 4 is 28.5 Å². The van der Waals surface area contributed by atoms with E-state index in [0.29, 0.717) is 23.0 Å². The minimum atomic E-state index is -0.116. The first-order valence-electron chi connectivity index (χ1n) is 6.12. The Balaban J connectivity index is 2.93. The van der Waals surface area contributed by atoms with Crippen LogP contribution in [0.25, 0.3) is 0 Å². The molecule has 0 heterocycles. The fourth-order valence-electron chi connectivity index (χ4n) is 1.62. The maximum Gasteiger partial charge on any atom is 0.255 e. The summed E-state index contributed by atoms with van der Waals surface area (Å²) in [4.78, 5) is 12.3. The van der Waals surface area contributed by atoms with E-state index in [9.17, 15) is 4.79 Å². The number of carbonyl (C=O) groups is 1. The van der Waals surface area contributed by atoms with Crippen LogP contribution in [0.5, 0.6) is 11.5 Å². The smallest absolute Gasteiger partial charge is 0.255 e. The van der Waals surface area contributed by atoms with E-state index in [1.165, 1.54) is 0 Å². The first-order valence-corrected chi connectivity index (χ1v) is 7.64. The van der Waals surface area contributed by atoms with Crippen molar-refractivity contribution in [2.75, 3.05) is 18.6 Å². The molecule has 0 aromatic heterocycles. The number of benzene rings is 1. The van der Waals surface area contributed by atoms with Gasteiger partial charge in [-0.25, -0.2) is 0 Å². The zero-order valence-corrected chi connectivity index (χ0v) is 13.9. The lowest BCUT2D eigenvalue weighted by Gasteiger charge is -2.20. The topological polar surface area (TPSA) is 47.6 Å². The van der Waals surface area contributed by atoms with Crippen molar-refractivity contribution in [1.29, 1.82) is 0 Å². The van der Waals surface area contributed by atoms with Crippen molar-refractivity contribution in [3.8, 4) is 11.5 Å². The van der Waals surface area contributed by atoms with Crippen LogP contribution in [-0.4, -0.2) is 30.6 Å². The van der Waals surface area contributed by atoms with Gasteiger partial charge in [0.15, 0.2) is 0 Å². The van der Waals surface area contributed by atoms with Gasteiger partial charge in [-0.05, 0) is 18.1 Å². The van der Waals surface area contributed by atoms with Gasteiger partial charge in [0.1, 0.15) is 11.5 Å². The fourth-order valence-corrected chi connectivity index (χ4v) is 2.85. The second-order valence-corrected chi connectivity index (χ2v) is 5.43. The Hall–Kier alpha value is -0.980. The van der Waals surface area contributed by atoms with Crippen molar-refractivity contribution < 1.29 is 14.3 Å². The SMILES string of the molecule is COc1ccc(C(=O)NC(CI)C(C)C)c(OC)c1. The number of nitrogens with one attached hydrogen (secondary N) is 1. The van der Waals surface area contributed by atoms with Crippen LogP contribution < -0.4 is 14.8 Å². The third-order valence-electron chi connectivity index (χ3n) is 2.94. The van der Waals surface area contributed by atoms with Gasteiger partial charge in [-0.3, -0.25) is 4.79 Å². The molecule has 0 aliphatic carbocycles. The van der Waals surface area contributed by atoms with Gasteiger partial charge >= 0.3 is 0 Å². The highest BCUT2D eigenvalue weighted by atomic mass is 127. The molecule has 0 saturated carbocycles. The van der Waals surface area contributed by atoms with Gasteiger partial charge in [-0.2, -0.15) is 0 Å². The zero-order chi connectivity index (χ0) is 14.4. The van der Waals surface area contributed by atoms with Crippen LogP contribution in [0, 0.1) is 5.92 Å². The summed E-state index contributed by atoms with van der Waals surface area (Å²) in [6.07, 6.45) is 0. The Morgan fingerprint density at radius 1 is 1.32 bits per heavy atom. The summed E-state index contributed by atoms with van der Waals surface area (Å²) in [5.41, 5.74) is 0.527. The van der Waals surface area contributed by atoms with E-state index in [-0.39, 0.29) is 11.9 Å². The molecule has 5 heteroatoms. The molecule has 19 heavy (non-hydrogen) atoms. The molecule has 1 aromatic rings. The van der Waals surface area contributed by atoms with Crippen LogP contribution in [0.15, 0.2) is 18.2 Å². The Labute approximate surface area is 128 Å². The van der Waals surface area contributed by atoms with Crippen molar-refractivity contribution in [3.05, 3.63) is 23.8 Å². The first-order chi connectivity index (χ1) is 9.03. The molecular weight excluding hydrogens is 357 g/mol. The monoisotopic (exact) mass is 377 g/mol. The summed E-state index contributed by atoms with van der Waals surface area (Å²) in [6, 6.07) is 5.34. The van der Waals surface area contributed by atoms with Gasteiger partial charge in [0.2, 0.25) is 0 Å². The highest BCUT2D eigenvalue weighted by Gasteiger charge is 2.19. The Kier molecular flexibility index (Phi) is 6.41. The molecule has 0 radical (unpaired) electrons. The molecule has 106 valence electrons. The standard InChI is InChI=1S/C14H20INO3/c1-9(2)12(8-15)16-14(17)11-6-5-10(18-3)7-13(11)19-4/h5-7,9,12H,8H2,1-4H3,(H,16,17). The summed E-state index contributed by atoms with van der Waals surface area (Å²) in [6.45, 7) is 4.18. The lowest BCUT2D eigenvalue weighted by atomic mass is 10.1. The van der Waals surface area contributed by atoms with Crippen LogP contribution in [-0.2, 0) is 0 Å². The van der Waals surface area contributed by atoms with Crippen LogP contribution in [0.1, 0.15) is 24.2 Å². The molecule has 1 aromatic carbocycles. The number of amides is 1. The molecule has 1 N–H and O–H groups in total. The van der Waals surface area contributed by atoms with E-state index in [1.54, 1.807) is 32.4 Å². The summed E-state index contributed by atoms with van der Waals surface area (Å²) < 4.78 is 11.2. The van der Waals surface area contributed by atoms with E-state index in [1.807, 2.05) is 0 Å². The molecule has 4 nitrogen and oxygen atoms in total. The zero-order valence-electron chi connectivity index (χ0n) is 11.7. The average Bonchev–Trinajstić information content (AvgIpc) is 2.43. The lowest BCUT2D eigenvalue weighted by Crippen LogP contribution is -2.39. The van der Waals surface area contributed by atoms with Crippen LogP contribution >= 0.6 is 22.6 Å². The number of carbonyl (C=O) groups excluding carboxylic acids is 1. The van der Waals surface area contributed by atoms with Crippen LogP contribution in [0.2, 0.25) is 0 Å². The summed E-state index contributed by atoms with van der Waals surface area (Å²) in [5, 5.41) is 3.03. The quantitative estimate of drug-likeness (QED) is 0.613. The van der Waals surface area contributed by atoms with Crippen molar-refractivity contribution in [3.63, 3.8) is 0 Å². The number of methoxy groups -OCH3 is 2.